The summed E-state index contributed by atoms with van der Waals surface area (Å²) in [5.74, 6) is -0.0128. The zero-order chi connectivity index (χ0) is 11.5. The van der Waals surface area contributed by atoms with Crippen LogP contribution in [0.5, 0.6) is 0 Å². The molecule has 0 saturated heterocycles. The van der Waals surface area contributed by atoms with Gasteiger partial charge in [-0.15, -0.1) is 0 Å². The molecule has 0 aliphatic carbocycles. The molecule has 5 heteroatoms. The number of nitrogens with zero attached hydrogens (tertiary/aromatic N) is 2. The second-order valence-corrected chi connectivity index (χ2v) is 3.92. The molecular weight excluding hydrogens is 270 g/mol. The molecule has 0 aromatic carbocycles. The third-order valence-electron chi connectivity index (χ3n) is 2.03. The van der Waals surface area contributed by atoms with Crippen molar-refractivity contribution in [2.45, 2.75) is 0 Å². The lowest BCUT2D eigenvalue weighted by molar-refractivity contribution is 0.103. The van der Waals surface area contributed by atoms with Gasteiger partial charge in [-0.2, -0.15) is 0 Å². The zero-order valence-electron chi connectivity index (χ0n) is 8.22. The molecule has 0 fully saturated rings. The van der Waals surface area contributed by atoms with Crippen LogP contribution in [0.1, 0.15) is 16.1 Å². The Bertz CT molecular complexity index is 542. The number of carbonyl (C=O) groups excluding carboxylic acids is 1. The van der Waals surface area contributed by atoms with Gasteiger partial charge in [0.15, 0.2) is 0 Å². The molecule has 16 heavy (non-hydrogen) atoms. The number of carbonyl (C=O) groups is 1. The van der Waals surface area contributed by atoms with Crippen molar-refractivity contribution in [3.8, 4) is 0 Å². The number of hydrogen-bond acceptors (Lipinski definition) is 4. The van der Waals surface area contributed by atoms with E-state index in [9.17, 15) is 4.79 Å². The van der Waals surface area contributed by atoms with Gasteiger partial charge >= 0.3 is 0 Å². The topological polar surface area (TPSA) is 68.9 Å². The first-order valence-electron chi connectivity index (χ1n) is 4.56. The highest BCUT2D eigenvalue weighted by atomic mass is 79.9. The van der Waals surface area contributed by atoms with Crippen LogP contribution in [0.2, 0.25) is 0 Å². The Morgan fingerprint density at radius 1 is 1.25 bits per heavy atom. The van der Waals surface area contributed by atoms with Crippen molar-refractivity contribution in [1.29, 1.82) is 0 Å². The summed E-state index contributed by atoms with van der Waals surface area (Å²) in [6, 6.07) is 8.44. The molecule has 2 rings (SSSR count). The van der Waals surface area contributed by atoms with Gasteiger partial charge in [0.05, 0.1) is 5.56 Å². The Labute approximate surface area is 101 Å². The van der Waals surface area contributed by atoms with Crippen molar-refractivity contribution in [2.24, 2.45) is 0 Å². The van der Waals surface area contributed by atoms with Gasteiger partial charge in [0.25, 0.3) is 0 Å². The first-order chi connectivity index (χ1) is 7.68. The van der Waals surface area contributed by atoms with E-state index in [0.29, 0.717) is 15.9 Å². The smallest absolute Gasteiger partial charge is 0.215 e. The summed E-state index contributed by atoms with van der Waals surface area (Å²) in [6.45, 7) is 0. The Morgan fingerprint density at radius 2 is 2.06 bits per heavy atom. The van der Waals surface area contributed by atoms with Crippen LogP contribution in [-0.2, 0) is 0 Å². The Balaban J connectivity index is 2.44. The minimum atomic E-state index is -0.230. The monoisotopic (exact) mass is 277 g/mol. The van der Waals surface area contributed by atoms with Crippen LogP contribution in [-0.4, -0.2) is 15.8 Å². The number of nitrogen functional groups attached to an aromatic ring is 1. The summed E-state index contributed by atoms with van der Waals surface area (Å²) in [5, 5.41) is 0. The highest BCUT2D eigenvalue weighted by Crippen LogP contribution is 2.14. The molecule has 2 N–H and O–H groups in total. The van der Waals surface area contributed by atoms with Crippen molar-refractivity contribution < 1.29 is 4.79 Å². The summed E-state index contributed by atoms with van der Waals surface area (Å²) >= 11 is 3.21. The fraction of sp³-hybridized carbons (Fsp3) is 0. The van der Waals surface area contributed by atoms with E-state index < -0.39 is 0 Å². The van der Waals surface area contributed by atoms with Crippen LogP contribution >= 0.6 is 15.9 Å². The fourth-order valence-electron chi connectivity index (χ4n) is 1.28. The van der Waals surface area contributed by atoms with Crippen LogP contribution in [0.4, 0.5) is 5.82 Å². The summed E-state index contributed by atoms with van der Waals surface area (Å²) in [4.78, 5) is 20.0. The first-order valence-corrected chi connectivity index (χ1v) is 5.35. The summed E-state index contributed by atoms with van der Waals surface area (Å²) < 4.78 is 0.612. The predicted octanol–water partition coefficient (Wildman–Crippen LogP) is 2.05. The molecule has 0 aliphatic rings. The van der Waals surface area contributed by atoms with Gasteiger partial charge in [-0.1, -0.05) is 6.07 Å². The van der Waals surface area contributed by atoms with Gasteiger partial charge in [-0.05, 0) is 40.2 Å². The summed E-state index contributed by atoms with van der Waals surface area (Å²) in [7, 11) is 0. The van der Waals surface area contributed by atoms with Crippen molar-refractivity contribution in [3.05, 3.63) is 52.4 Å². The van der Waals surface area contributed by atoms with E-state index in [-0.39, 0.29) is 11.6 Å². The molecule has 0 saturated carbocycles. The molecule has 0 atom stereocenters. The fourth-order valence-corrected chi connectivity index (χ4v) is 1.63. The molecule has 0 radical (unpaired) electrons. The van der Waals surface area contributed by atoms with Gasteiger partial charge in [-0.3, -0.25) is 4.79 Å². The lowest BCUT2D eigenvalue weighted by Gasteiger charge is -2.02. The Kier molecular flexibility index (Phi) is 2.96. The maximum atomic E-state index is 12.0. The number of aromatic nitrogens is 2. The molecule has 2 aromatic rings. The molecular formula is C11H8BrN3O. The van der Waals surface area contributed by atoms with Crippen molar-refractivity contribution in [1.82, 2.24) is 9.97 Å². The van der Waals surface area contributed by atoms with Crippen LogP contribution < -0.4 is 5.73 Å². The zero-order valence-corrected chi connectivity index (χ0v) is 9.81. The molecule has 80 valence electrons. The van der Waals surface area contributed by atoms with Gasteiger partial charge < -0.3 is 5.73 Å². The van der Waals surface area contributed by atoms with E-state index in [1.165, 1.54) is 0 Å². The molecule has 0 unspecified atom stereocenters. The number of hydrogen-bond donors (Lipinski definition) is 1. The van der Waals surface area contributed by atoms with Crippen LogP contribution in [0.25, 0.3) is 0 Å². The maximum absolute atomic E-state index is 12.0. The van der Waals surface area contributed by atoms with E-state index in [1.54, 1.807) is 36.5 Å². The number of anilines is 1. The van der Waals surface area contributed by atoms with E-state index in [4.69, 9.17) is 5.73 Å². The van der Waals surface area contributed by atoms with Crippen molar-refractivity contribution in [2.75, 3.05) is 5.73 Å². The molecule has 0 amide bonds. The van der Waals surface area contributed by atoms with E-state index in [2.05, 4.69) is 25.9 Å². The molecule has 0 bridgehead atoms. The van der Waals surface area contributed by atoms with Crippen LogP contribution in [0.15, 0.2) is 41.1 Å². The SMILES string of the molecule is Nc1ncccc1C(=O)c1cccc(Br)n1. The molecule has 2 aromatic heterocycles. The van der Waals surface area contributed by atoms with Gasteiger partial charge in [-0.25, -0.2) is 9.97 Å². The molecule has 2 heterocycles. The van der Waals surface area contributed by atoms with Crippen LogP contribution in [0.3, 0.4) is 0 Å². The quantitative estimate of drug-likeness (QED) is 0.674. The van der Waals surface area contributed by atoms with Gasteiger partial charge in [0.2, 0.25) is 5.78 Å². The predicted molar refractivity (Wildman–Crippen MR) is 64.0 cm³/mol. The van der Waals surface area contributed by atoms with E-state index in [0.717, 1.165) is 0 Å². The average molecular weight is 278 g/mol. The number of ketones is 1. The largest absolute Gasteiger partial charge is 0.383 e. The lowest BCUT2D eigenvalue weighted by Crippen LogP contribution is -2.08. The third-order valence-corrected chi connectivity index (χ3v) is 2.47. The highest BCUT2D eigenvalue weighted by Gasteiger charge is 2.13. The number of nitrogens with two attached hydrogens (primary N) is 1. The van der Waals surface area contributed by atoms with Gasteiger partial charge in [0.1, 0.15) is 16.1 Å². The highest BCUT2D eigenvalue weighted by molar-refractivity contribution is 9.10. The molecule has 0 aliphatic heterocycles. The van der Waals surface area contributed by atoms with E-state index >= 15 is 0 Å². The lowest BCUT2D eigenvalue weighted by atomic mass is 10.1. The Hall–Kier alpha value is -1.75. The number of halogens is 1. The minimum absolute atomic E-state index is 0.217. The standard InChI is InChI=1S/C11H8BrN3O/c12-9-5-1-4-8(15-9)10(16)7-3-2-6-14-11(7)13/h1-6H,(H2,13,14). The minimum Gasteiger partial charge on any atom is -0.383 e. The Morgan fingerprint density at radius 3 is 2.75 bits per heavy atom. The van der Waals surface area contributed by atoms with Crippen molar-refractivity contribution >= 4 is 27.5 Å². The van der Waals surface area contributed by atoms with Crippen LogP contribution in [0, 0.1) is 0 Å². The summed E-state index contributed by atoms with van der Waals surface area (Å²) in [5.41, 5.74) is 6.34. The normalized spacial score (nSPS) is 10.1. The second kappa shape index (κ2) is 4.40. The summed E-state index contributed by atoms with van der Waals surface area (Å²) in [6.07, 6.45) is 1.54. The molecule has 0 spiro atoms. The van der Waals surface area contributed by atoms with Crippen molar-refractivity contribution in [3.63, 3.8) is 0 Å². The number of rotatable bonds is 2. The molecule has 4 nitrogen and oxygen atoms in total. The number of pyridine rings is 2. The second-order valence-electron chi connectivity index (χ2n) is 3.11. The maximum Gasteiger partial charge on any atom is 0.215 e. The first kappa shape index (κ1) is 10.8. The van der Waals surface area contributed by atoms with E-state index in [1.807, 2.05) is 0 Å². The third kappa shape index (κ3) is 2.09. The average Bonchev–Trinajstić information content (AvgIpc) is 2.29. The van der Waals surface area contributed by atoms with Gasteiger partial charge in [0, 0.05) is 6.20 Å².